The summed E-state index contributed by atoms with van der Waals surface area (Å²) in [5, 5.41) is 9.54. The van der Waals surface area contributed by atoms with Crippen molar-refractivity contribution in [1.29, 1.82) is 0 Å². The van der Waals surface area contributed by atoms with Crippen LogP contribution in [0.15, 0.2) is 61.3 Å². The average molecular weight is 350 g/mol. The Kier molecular flexibility index (Phi) is 5.33. The lowest BCUT2D eigenvalue weighted by Crippen LogP contribution is -2.44. The molecule has 2 aromatic heterocycles. The number of benzene rings is 1. The van der Waals surface area contributed by atoms with Gasteiger partial charge in [-0.3, -0.25) is 9.59 Å². The normalized spacial score (nSPS) is 11.6. The van der Waals surface area contributed by atoms with Crippen molar-refractivity contribution in [3.8, 4) is 5.82 Å². The zero-order chi connectivity index (χ0) is 18.4. The Morgan fingerprint density at radius 3 is 2.69 bits per heavy atom. The van der Waals surface area contributed by atoms with Gasteiger partial charge in [-0.2, -0.15) is 5.10 Å². The van der Waals surface area contributed by atoms with Gasteiger partial charge >= 0.3 is 0 Å². The monoisotopic (exact) mass is 350 g/mol. The lowest BCUT2D eigenvalue weighted by Gasteiger charge is -2.15. The standard InChI is InChI=1S/C18H18N6O2/c1-13(23-18(26)14-6-3-2-4-7-14)17(25)21-10-15-8-5-9-20-16(15)24-12-19-11-22-24/h2-9,11-13H,10H2,1H3,(H,21,25)(H,23,26). The largest absolute Gasteiger partial charge is 0.350 e. The van der Waals surface area contributed by atoms with Gasteiger partial charge in [0, 0.05) is 23.9 Å². The second-order valence-corrected chi connectivity index (χ2v) is 5.61. The first-order valence-corrected chi connectivity index (χ1v) is 8.07. The van der Waals surface area contributed by atoms with Crippen LogP contribution in [-0.4, -0.2) is 37.6 Å². The van der Waals surface area contributed by atoms with Crippen molar-refractivity contribution in [1.82, 2.24) is 30.4 Å². The van der Waals surface area contributed by atoms with E-state index >= 15 is 0 Å². The van der Waals surface area contributed by atoms with Gasteiger partial charge in [0.15, 0.2) is 5.82 Å². The van der Waals surface area contributed by atoms with E-state index in [1.54, 1.807) is 43.5 Å². The minimum Gasteiger partial charge on any atom is -0.350 e. The van der Waals surface area contributed by atoms with Gasteiger partial charge in [0.2, 0.25) is 5.91 Å². The van der Waals surface area contributed by atoms with Crippen LogP contribution in [0, 0.1) is 0 Å². The highest BCUT2D eigenvalue weighted by atomic mass is 16.2. The van der Waals surface area contributed by atoms with Gasteiger partial charge in [-0.05, 0) is 25.1 Å². The van der Waals surface area contributed by atoms with Crippen molar-refractivity contribution in [2.75, 3.05) is 0 Å². The van der Waals surface area contributed by atoms with Gasteiger partial charge in [-0.15, -0.1) is 0 Å². The highest BCUT2D eigenvalue weighted by molar-refractivity contribution is 5.97. The Balaban J connectivity index is 1.60. The molecule has 0 radical (unpaired) electrons. The molecule has 1 atom stereocenters. The second-order valence-electron chi connectivity index (χ2n) is 5.61. The van der Waals surface area contributed by atoms with E-state index in [0.29, 0.717) is 11.4 Å². The molecule has 0 fully saturated rings. The van der Waals surface area contributed by atoms with Crippen molar-refractivity contribution < 1.29 is 9.59 Å². The summed E-state index contributed by atoms with van der Waals surface area (Å²) in [5.41, 5.74) is 1.29. The van der Waals surface area contributed by atoms with E-state index in [0.717, 1.165) is 5.56 Å². The van der Waals surface area contributed by atoms with Crippen LogP contribution in [0.2, 0.25) is 0 Å². The molecule has 3 rings (SSSR count). The average Bonchev–Trinajstić information content (AvgIpc) is 3.21. The first kappa shape index (κ1) is 17.3. The Morgan fingerprint density at radius 2 is 1.96 bits per heavy atom. The first-order valence-electron chi connectivity index (χ1n) is 8.07. The number of carbonyl (C=O) groups is 2. The predicted octanol–water partition coefficient (Wildman–Crippen LogP) is 1.10. The maximum Gasteiger partial charge on any atom is 0.251 e. The molecule has 0 saturated heterocycles. The maximum absolute atomic E-state index is 12.3. The summed E-state index contributed by atoms with van der Waals surface area (Å²) in [5.74, 6) is 0.00637. The van der Waals surface area contributed by atoms with Gasteiger partial charge in [-0.1, -0.05) is 24.3 Å². The fourth-order valence-electron chi connectivity index (χ4n) is 2.36. The van der Waals surface area contributed by atoms with Gasteiger partial charge in [0.25, 0.3) is 5.91 Å². The minimum atomic E-state index is -0.672. The summed E-state index contributed by atoms with van der Waals surface area (Å²) < 4.78 is 1.53. The number of rotatable bonds is 6. The summed E-state index contributed by atoms with van der Waals surface area (Å²) in [6.07, 6.45) is 4.60. The van der Waals surface area contributed by atoms with Crippen LogP contribution < -0.4 is 10.6 Å². The molecule has 26 heavy (non-hydrogen) atoms. The van der Waals surface area contributed by atoms with Crippen molar-refractivity contribution in [2.24, 2.45) is 0 Å². The van der Waals surface area contributed by atoms with Gasteiger partial charge in [-0.25, -0.2) is 14.6 Å². The van der Waals surface area contributed by atoms with Crippen LogP contribution in [0.1, 0.15) is 22.8 Å². The summed E-state index contributed by atoms with van der Waals surface area (Å²) in [6.45, 7) is 1.89. The summed E-state index contributed by atoms with van der Waals surface area (Å²) >= 11 is 0. The molecule has 2 N–H and O–H groups in total. The molecule has 3 aromatic rings. The molecule has 2 amide bonds. The first-order chi connectivity index (χ1) is 12.6. The van der Waals surface area contributed by atoms with Crippen LogP contribution in [0.25, 0.3) is 5.82 Å². The fourth-order valence-corrected chi connectivity index (χ4v) is 2.36. The van der Waals surface area contributed by atoms with E-state index in [-0.39, 0.29) is 18.4 Å². The third-order valence-corrected chi connectivity index (χ3v) is 3.73. The Morgan fingerprint density at radius 1 is 1.15 bits per heavy atom. The topological polar surface area (TPSA) is 102 Å². The highest BCUT2D eigenvalue weighted by Gasteiger charge is 2.17. The molecular weight excluding hydrogens is 332 g/mol. The molecule has 0 saturated carbocycles. The van der Waals surface area contributed by atoms with E-state index in [1.807, 2.05) is 12.1 Å². The number of hydrogen-bond acceptors (Lipinski definition) is 5. The third kappa shape index (κ3) is 4.10. The summed E-state index contributed by atoms with van der Waals surface area (Å²) in [4.78, 5) is 32.6. The smallest absolute Gasteiger partial charge is 0.251 e. The lowest BCUT2D eigenvalue weighted by atomic mass is 10.2. The van der Waals surface area contributed by atoms with E-state index in [2.05, 4.69) is 25.7 Å². The molecule has 1 unspecified atom stereocenters. The molecule has 0 aliphatic carbocycles. The summed E-state index contributed by atoms with van der Waals surface area (Å²) in [6, 6.07) is 11.7. The van der Waals surface area contributed by atoms with Crippen LogP contribution in [0.5, 0.6) is 0 Å². The Hall–Kier alpha value is -3.55. The Bertz CT molecular complexity index is 880. The maximum atomic E-state index is 12.3. The molecule has 0 bridgehead atoms. The van der Waals surface area contributed by atoms with Gasteiger partial charge < -0.3 is 10.6 Å². The van der Waals surface area contributed by atoms with E-state index in [9.17, 15) is 9.59 Å². The summed E-state index contributed by atoms with van der Waals surface area (Å²) in [7, 11) is 0. The van der Waals surface area contributed by atoms with Crippen molar-refractivity contribution in [3.63, 3.8) is 0 Å². The molecule has 0 aliphatic heterocycles. The molecule has 8 nitrogen and oxygen atoms in total. The third-order valence-electron chi connectivity index (χ3n) is 3.73. The van der Waals surface area contributed by atoms with E-state index in [1.165, 1.54) is 17.3 Å². The molecule has 132 valence electrons. The van der Waals surface area contributed by atoms with E-state index in [4.69, 9.17) is 0 Å². The number of pyridine rings is 1. The quantitative estimate of drug-likeness (QED) is 0.693. The van der Waals surface area contributed by atoms with Gasteiger partial charge in [0.05, 0.1) is 0 Å². The van der Waals surface area contributed by atoms with Crippen molar-refractivity contribution >= 4 is 11.8 Å². The zero-order valence-corrected chi connectivity index (χ0v) is 14.2. The van der Waals surface area contributed by atoms with Crippen LogP contribution in [0.3, 0.4) is 0 Å². The zero-order valence-electron chi connectivity index (χ0n) is 14.2. The second kappa shape index (κ2) is 8.02. The number of nitrogens with one attached hydrogen (secondary N) is 2. The highest BCUT2D eigenvalue weighted by Crippen LogP contribution is 2.09. The molecule has 1 aromatic carbocycles. The fraction of sp³-hybridized carbons (Fsp3) is 0.167. The van der Waals surface area contributed by atoms with Crippen LogP contribution in [-0.2, 0) is 11.3 Å². The molecular formula is C18H18N6O2. The van der Waals surface area contributed by atoms with E-state index < -0.39 is 6.04 Å². The number of amides is 2. The lowest BCUT2D eigenvalue weighted by molar-refractivity contribution is -0.122. The number of carbonyl (C=O) groups excluding carboxylic acids is 2. The van der Waals surface area contributed by atoms with Crippen molar-refractivity contribution in [2.45, 2.75) is 19.5 Å². The number of nitrogens with zero attached hydrogens (tertiary/aromatic N) is 4. The SMILES string of the molecule is CC(NC(=O)c1ccccc1)C(=O)NCc1cccnc1-n1cncn1. The Labute approximate surface area is 150 Å². The van der Waals surface area contributed by atoms with Crippen molar-refractivity contribution in [3.05, 3.63) is 72.4 Å². The van der Waals surface area contributed by atoms with Crippen LogP contribution >= 0.6 is 0 Å². The molecule has 2 heterocycles. The molecule has 0 aliphatic rings. The number of hydrogen-bond donors (Lipinski definition) is 2. The minimum absolute atomic E-state index is 0.257. The predicted molar refractivity (Wildman–Crippen MR) is 94.4 cm³/mol. The van der Waals surface area contributed by atoms with Gasteiger partial charge in [0.1, 0.15) is 18.7 Å². The molecule has 8 heteroatoms. The number of aromatic nitrogens is 4. The molecule has 0 spiro atoms. The van der Waals surface area contributed by atoms with Crippen LogP contribution in [0.4, 0.5) is 0 Å².